The molecule has 7 nitrogen and oxygen atoms in total. The number of ether oxygens (including phenoxy) is 1. The first-order valence-corrected chi connectivity index (χ1v) is 6.35. The Bertz CT molecular complexity index is 307. The van der Waals surface area contributed by atoms with Gasteiger partial charge >= 0.3 is 11.9 Å². The van der Waals surface area contributed by atoms with Gasteiger partial charge in [0.15, 0.2) is 0 Å². The van der Waals surface area contributed by atoms with Gasteiger partial charge in [-0.3, -0.25) is 4.79 Å². The number of carbonyl (C=O) groups is 3. The van der Waals surface area contributed by atoms with Gasteiger partial charge in [0.1, 0.15) is 6.61 Å². The molecule has 0 aliphatic carbocycles. The normalized spacial score (nSPS) is 12.2. The minimum Gasteiger partial charge on any atom is -0.480 e. The third-order valence-corrected chi connectivity index (χ3v) is 2.69. The molecule has 0 saturated heterocycles. The standard InChI is InChI=1S/C10H17NO6S/c1-6(2)11-7(12)3-4-18-10(9(15)16)17-5-8(13)14/h6,10H,3-5H2,1-2H3,(H,11,12)(H,13,14)(H,15,16). The summed E-state index contributed by atoms with van der Waals surface area (Å²) in [7, 11) is 0. The molecule has 0 aromatic rings. The van der Waals surface area contributed by atoms with Crippen molar-refractivity contribution in [2.24, 2.45) is 0 Å². The summed E-state index contributed by atoms with van der Waals surface area (Å²) >= 11 is 0.881. The molecule has 0 saturated carbocycles. The van der Waals surface area contributed by atoms with E-state index in [9.17, 15) is 14.4 Å². The van der Waals surface area contributed by atoms with Crippen LogP contribution >= 0.6 is 11.8 Å². The average Bonchev–Trinajstić information content (AvgIpc) is 2.20. The highest BCUT2D eigenvalue weighted by Crippen LogP contribution is 2.14. The number of carbonyl (C=O) groups excluding carboxylic acids is 1. The second-order valence-electron chi connectivity index (χ2n) is 3.72. The highest BCUT2D eigenvalue weighted by molar-refractivity contribution is 8.00. The first-order valence-electron chi connectivity index (χ1n) is 5.30. The molecule has 8 heteroatoms. The molecule has 1 atom stereocenters. The second kappa shape index (κ2) is 8.76. The number of nitrogens with one attached hydrogen (secondary N) is 1. The third kappa shape index (κ3) is 8.82. The van der Waals surface area contributed by atoms with Gasteiger partial charge in [-0.15, -0.1) is 11.8 Å². The lowest BCUT2D eigenvalue weighted by Gasteiger charge is -2.12. The van der Waals surface area contributed by atoms with Gasteiger partial charge in [-0.25, -0.2) is 9.59 Å². The molecular formula is C10H17NO6S. The van der Waals surface area contributed by atoms with E-state index in [-0.39, 0.29) is 24.1 Å². The van der Waals surface area contributed by atoms with Crippen LogP contribution in [0.5, 0.6) is 0 Å². The number of hydrogen-bond donors (Lipinski definition) is 3. The van der Waals surface area contributed by atoms with E-state index in [4.69, 9.17) is 10.2 Å². The number of carboxylic acid groups (broad SMARTS) is 2. The van der Waals surface area contributed by atoms with E-state index in [0.29, 0.717) is 0 Å². The molecule has 1 amide bonds. The fourth-order valence-electron chi connectivity index (χ4n) is 0.990. The van der Waals surface area contributed by atoms with Crippen LogP contribution in [0.1, 0.15) is 20.3 Å². The Hall–Kier alpha value is -1.28. The van der Waals surface area contributed by atoms with E-state index in [1.54, 1.807) is 0 Å². The van der Waals surface area contributed by atoms with Crippen LogP contribution in [0.3, 0.4) is 0 Å². The van der Waals surface area contributed by atoms with E-state index >= 15 is 0 Å². The van der Waals surface area contributed by atoms with Gasteiger partial charge < -0.3 is 20.3 Å². The third-order valence-electron chi connectivity index (χ3n) is 1.61. The molecule has 18 heavy (non-hydrogen) atoms. The topological polar surface area (TPSA) is 113 Å². The number of thioether (sulfide) groups is 1. The summed E-state index contributed by atoms with van der Waals surface area (Å²) in [5, 5.41) is 19.8. The van der Waals surface area contributed by atoms with E-state index in [1.165, 1.54) is 0 Å². The van der Waals surface area contributed by atoms with Crippen LogP contribution < -0.4 is 5.32 Å². The molecule has 104 valence electrons. The van der Waals surface area contributed by atoms with Crippen LogP contribution in [0.2, 0.25) is 0 Å². The Morgan fingerprint density at radius 3 is 2.33 bits per heavy atom. The maximum absolute atomic E-state index is 11.3. The lowest BCUT2D eigenvalue weighted by atomic mass is 10.3. The van der Waals surface area contributed by atoms with Crippen LogP contribution in [-0.4, -0.2) is 51.9 Å². The molecule has 0 radical (unpaired) electrons. The SMILES string of the molecule is CC(C)NC(=O)CCSC(OCC(=O)O)C(=O)O. The van der Waals surface area contributed by atoms with Gasteiger partial charge in [-0.2, -0.15) is 0 Å². The highest BCUT2D eigenvalue weighted by atomic mass is 32.2. The Morgan fingerprint density at radius 1 is 1.28 bits per heavy atom. The molecule has 0 fully saturated rings. The van der Waals surface area contributed by atoms with E-state index in [1.807, 2.05) is 13.8 Å². The second-order valence-corrected chi connectivity index (χ2v) is 4.89. The van der Waals surface area contributed by atoms with Crippen molar-refractivity contribution in [1.82, 2.24) is 5.32 Å². The number of carboxylic acids is 2. The van der Waals surface area contributed by atoms with Crippen LogP contribution in [0.15, 0.2) is 0 Å². The zero-order chi connectivity index (χ0) is 14.1. The van der Waals surface area contributed by atoms with Gasteiger partial charge in [0.25, 0.3) is 0 Å². The summed E-state index contributed by atoms with van der Waals surface area (Å²) in [5.41, 5.74) is -1.27. The number of rotatable bonds is 9. The Balaban J connectivity index is 3.93. The minimum atomic E-state index is -1.27. The largest absolute Gasteiger partial charge is 0.480 e. The Labute approximate surface area is 109 Å². The van der Waals surface area contributed by atoms with Crippen molar-refractivity contribution in [2.75, 3.05) is 12.4 Å². The highest BCUT2D eigenvalue weighted by Gasteiger charge is 2.20. The molecule has 0 spiro atoms. The lowest BCUT2D eigenvalue weighted by molar-refractivity contribution is -0.150. The first-order chi connectivity index (χ1) is 8.32. The van der Waals surface area contributed by atoms with Crippen LogP contribution in [0.4, 0.5) is 0 Å². The van der Waals surface area contributed by atoms with Gasteiger partial charge in [0.05, 0.1) is 0 Å². The molecule has 0 aromatic heterocycles. The first kappa shape index (κ1) is 16.7. The molecule has 0 aromatic carbocycles. The van der Waals surface area contributed by atoms with E-state index < -0.39 is 24.0 Å². The van der Waals surface area contributed by atoms with E-state index in [0.717, 1.165) is 11.8 Å². The van der Waals surface area contributed by atoms with Gasteiger partial charge in [-0.05, 0) is 13.8 Å². The number of hydrogen-bond acceptors (Lipinski definition) is 5. The van der Waals surface area contributed by atoms with Crippen molar-refractivity contribution in [1.29, 1.82) is 0 Å². The fraction of sp³-hybridized carbons (Fsp3) is 0.700. The summed E-state index contributed by atoms with van der Waals surface area (Å²) in [6, 6.07) is 0.0287. The maximum atomic E-state index is 11.3. The van der Waals surface area contributed by atoms with Crippen molar-refractivity contribution in [3.63, 3.8) is 0 Å². The molecule has 0 bridgehead atoms. The van der Waals surface area contributed by atoms with Crippen LogP contribution in [0, 0.1) is 0 Å². The van der Waals surface area contributed by atoms with Gasteiger partial charge in [-0.1, -0.05) is 0 Å². The molecule has 0 rings (SSSR count). The predicted octanol–water partition coefficient (Wildman–Crippen LogP) is 0.146. The van der Waals surface area contributed by atoms with Crippen LogP contribution in [-0.2, 0) is 19.1 Å². The van der Waals surface area contributed by atoms with E-state index in [2.05, 4.69) is 10.1 Å². The van der Waals surface area contributed by atoms with Crippen molar-refractivity contribution >= 4 is 29.6 Å². The summed E-state index contributed by atoms with van der Waals surface area (Å²) in [6.07, 6.45) is 0.156. The monoisotopic (exact) mass is 279 g/mol. The summed E-state index contributed by atoms with van der Waals surface area (Å²) in [4.78, 5) is 32.2. The summed E-state index contributed by atoms with van der Waals surface area (Å²) < 4.78 is 4.66. The molecule has 3 N–H and O–H groups in total. The Kier molecular flexibility index (Phi) is 8.14. The smallest absolute Gasteiger partial charge is 0.343 e. The van der Waals surface area contributed by atoms with Crippen molar-refractivity contribution in [3.05, 3.63) is 0 Å². The molecular weight excluding hydrogens is 262 g/mol. The lowest BCUT2D eigenvalue weighted by Crippen LogP contribution is -2.31. The zero-order valence-electron chi connectivity index (χ0n) is 10.2. The molecule has 0 aliphatic rings. The van der Waals surface area contributed by atoms with Gasteiger partial charge in [0.2, 0.25) is 11.3 Å². The zero-order valence-corrected chi connectivity index (χ0v) is 11.0. The molecule has 0 heterocycles. The van der Waals surface area contributed by atoms with Crippen LogP contribution in [0.25, 0.3) is 0 Å². The van der Waals surface area contributed by atoms with Gasteiger partial charge in [0, 0.05) is 18.2 Å². The fourth-order valence-corrected chi connectivity index (χ4v) is 1.81. The van der Waals surface area contributed by atoms with Crippen molar-refractivity contribution in [3.8, 4) is 0 Å². The number of amides is 1. The molecule has 0 aliphatic heterocycles. The quantitative estimate of drug-likeness (QED) is 0.515. The summed E-state index contributed by atoms with van der Waals surface area (Å²) in [6.45, 7) is 2.96. The number of aliphatic carboxylic acids is 2. The molecule has 1 unspecified atom stereocenters. The maximum Gasteiger partial charge on any atom is 0.343 e. The van der Waals surface area contributed by atoms with Crippen molar-refractivity contribution < 1.29 is 29.3 Å². The average molecular weight is 279 g/mol. The predicted molar refractivity (Wildman–Crippen MR) is 65.4 cm³/mol. The summed E-state index contributed by atoms with van der Waals surface area (Å²) in [5.74, 6) is -2.43. The van der Waals surface area contributed by atoms with Crippen molar-refractivity contribution in [2.45, 2.75) is 31.7 Å². The minimum absolute atomic E-state index is 0.0287. The Morgan fingerprint density at radius 2 is 1.89 bits per heavy atom.